The molecule has 0 amide bonds. The maximum Gasteiger partial charge on any atom is 0.282 e. The summed E-state index contributed by atoms with van der Waals surface area (Å²) in [7, 11) is -1.73. The van der Waals surface area contributed by atoms with E-state index < -0.39 is 10.2 Å². The van der Waals surface area contributed by atoms with Gasteiger partial charge in [0.1, 0.15) is 0 Å². The molecule has 0 bridgehead atoms. The third-order valence-corrected chi connectivity index (χ3v) is 5.05. The molecule has 0 saturated carbocycles. The topological polar surface area (TPSA) is 66.6 Å². The molecule has 1 aliphatic rings. The van der Waals surface area contributed by atoms with Crippen LogP contribution in [0.4, 0.5) is 0 Å². The monoisotopic (exact) mass is 261 g/mol. The molecule has 5 nitrogen and oxygen atoms in total. The molecule has 1 heterocycles. The van der Waals surface area contributed by atoms with E-state index in [-0.39, 0.29) is 0 Å². The third-order valence-electron chi connectivity index (χ3n) is 3.12. The lowest BCUT2D eigenvalue weighted by atomic mass is 9.99. The maximum absolute atomic E-state index is 12.2. The van der Waals surface area contributed by atoms with Crippen molar-refractivity contribution < 1.29 is 8.42 Å². The molecule has 0 atom stereocenters. The van der Waals surface area contributed by atoms with Crippen LogP contribution in [0.1, 0.15) is 19.8 Å². The number of likely N-dealkylation sites (N-methyl/N-ethyl adjacent to an activating group) is 1. The number of hydrogen-bond acceptors (Lipinski definition) is 3. The quantitative estimate of drug-likeness (QED) is 0.729. The van der Waals surface area contributed by atoms with Crippen molar-refractivity contribution >= 4 is 10.2 Å². The van der Waals surface area contributed by atoms with Crippen LogP contribution in [-0.2, 0) is 10.2 Å². The molecule has 100 valence electrons. The zero-order chi connectivity index (χ0) is 13.1. The van der Waals surface area contributed by atoms with Crippen LogP contribution in [0.2, 0.25) is 0 Å². The van der Waals surface area contributed by atoms with E-state index in [1.807, 2.05) is 6.92 Å². The lowest BCUT2D eigenvalue weighted by molar-refractivity contribution is 0.264. The van der Waals surface area contributed by atoms with Crippen molar-refractivity contribution in [2.24, 2.45) is 11.7 Å². The Kier molecular flexibility index (Phi) is 5.12. The first-order chi connectivity index (χ1) is 7.87. The summed E-state index contributed by atoms with van der Waals surface area (Å²) in [5.74, 6) is 0.466. The summed E-state index contributed by atoms with van der Waals surface area (Å²) in [5.41, 5.74) is 6.43. The maximum atomic E-state index is 12.2. The Balaban J connectivity index is 2.62. The van der Waals surface area contributed by atoms with Crippen LogP contribution in [0.3, 0.4) is 0 Å². The van der Waals surface area contributed by atoms with Gasteiger partial charge in [0.25, 0.3) is 10.2 Å². The van der Waals surface area contributed by atoms with E-state index in [4.69, 9.17) is 5.73 Å². The molecule has 6 heteroatoms. The smallest absolute Gasteiger partial charge is 0.282 e. The predicted octanol–water partition coefficient (Wildman–Crippen LogP) is 0.410. The molecule has 0 aromatic carbocycles. The summed E-state index contributed by atoms with van der Waals surface area (Å²) in [6.45, 7) is 7.73. The Morgan fingerprint density at radius 3 is 2.41 bits per heavy atom. The van der Waals surface area contributed by atoms with Crippen molar-refractivity contribution in [2.45, 2.75) is 19.8 Å². The lowest BCUT2D eigenvalue weighted by Gasteiger charge is -2.33. The van der Waals surface area contributed by atoms with Gasteiger partial charge in [-0.2, -0.15) is 17.0 Å². The Morgan fingerprint density at radius 1 is 1.47 bits per heavy atom. The minimum Gasteiger partial charge on any atom is -0.330 e. The fraction of sp³-hybridized carbons (Fsp3) is 0.818. The Labute approximate surface area is 104 Å². The Morgan fingerprint density at radius 2 is 2.00 bits per heavy atom. The van der Waals surface area contributed by atoms with Gasteiger partial charge in [-0.25, -0.2) is 0 Å². The second kappa shape index (κ2) is 5.95. The molecule has 0 aromatic heterocycles. The third kappa shape index (κ3) is 3.77. The summed E-state index contributed by atoms with van der Waals surface area (Å²) >= 11 is 0. The highest BCUT2D eigenvalue weighted by atomic mass is 32.2. The van der Waals surface area contributed by atoms with Gasteiger partial charge in [0.05, 0.1) is 0 Å². The van der Waals surface area contributed by atoms with Crippen molar-refractivity contribution in [3.63, 3.8) is 0 Å². The van der Waals surface area contributed by atoms with Gasteiger partial charge in [-0.15, -0.1) is 0 Å². The minimum atomic E-state index is -3.32. The zero-order valence-corrected chi connectivity index (χ0v) is 11.5. The van der Waals surface area contributed by atoms with Crippen LogP contribution in [0.25, 0.3) is 0 Å². The minimum absolute atomic E-state index is 0.374. The van der Waals surface area contributed by atoms with Gasteiger partial charge in [0.2, 0.25) is 0 Å². The van der Waals surface area contributed by atoms with E-state index in [9.17, 15) is 8.42 Å². The first-order valence-corrected chi connectivity index (χ1v) is 7.33. The number of rotatable bonds is 5. The molecule has 1 rings (SSSR count). The first-order valence-electron chi connectivity index (χ1n) is 5.93. The molecule has 0 unspecified atom stereocenters. The van der Waals surface area contributed by atoms with Crippen molar-refractivity contribution in [3.05, 3.63) is 12.2 Å². The summed E-state index contributed by atoms with van der Waals surface area (Å²) < 4.78 is 27.3. The van der Waals surface area contributed by atoms with Crippen LogP contribution < -0.4 is 5.73 Å². The van der Waals surface area contributed by atoms with Crippen LogP contribution in [0, 0.1) is 5.92 Å². The van der Waals surface area contributed by atoms with E-state index in [0.29, 0.717) is 32.1 Å². The van der Waals surface area contributed by atoms with Crippen LogP contribution in [-0.4, -0.2) is 50.3 Å². The van der Waals surface area contributed by atoms with Gasteiger partial charge in [0, 0.05) is 26.7 Å². The van der Waals surface area contributed by atoms with E-state index in [2.05, 4.69) is 6.58 Å². The summed E-state index contributed by atoms with van der Waals surface area (Å²) in [5, 5.41) is 0. The first kappa shape index (κ1) is 14.6. The SMILES string of the molecule is C=C(C)CN(C)S(=O)(=O)N1CCC(CN)CC1. The molecule has 2 N–H and O–H groups in total. The van der Waals surface area contributed by atoms with Crippen LogP contribution in [0.5, 0.6) is 0 Å². The van der Waals surface area contributed by atoms with Gasteiger partial charge in [0.15, 0.2) is 0 Å². The van der Waals surface area contributed by atoms with Crippen molar-refractivity contribution in [3.8, 4) is 0 Å². The van der Waals surface area contributed by atoms with Gasteiger partial charge in [-0.05, 0) is 32.2 Å². The van der Waals surface area contributed by atoms with Crippen molar-refractivity contribution in [2.75, 3.05) is 33.2 Å². The largest absolute Gasteiger partial charge is 0.330 e. The van der Waals surface area contributed by atoms with Crippen molar-refractivity contribution in [1.29, 1.82) is 0 Å². The molecule has 1 fully saturated rings. The fourth-order valence-corrected chi connectivity index (χ4v) is 3.48. The Bertz CT molecular complexity index is 359. The second-order valence-corrected chi connectivity index (χ2v) is 6.83. The molecule has 0 aliphatic carbocycles. The normalized spacial score (nSPS) is 19.8. The second-order valence-electron chi connectivity index (χ2n) is 4.80. The van der Waals surface area contributed by atoms with Crippen LogP contribution >= 0.6 is 0 Å². The number of nitrogens with zero attached hydrogens (tertiary/aromatic N) is 2. The van der Waals surface area contributed by atoms with E-state index >= 15 is 0 Å². The number of piperidine rings is 1. The number of nitrogens with two attached hydrogens (primary N) is 1. The van der Waals surface area contributed by atoms with Crippen LogP contribution in [0.15, 0.2) is 12.2 Å². The highest BCUT2D eigenvalue weighted by Gasteiger charge is 2.30. The van der Waals surface area contributed by atoms with Gasteiger partial charge < -0.3 is 5.73 Å². The average Bonchev–Trinajstić information content (AvgIpc) is 2.28. The molecule has 0 aromatic rings. The molecular weight excluding hydrogens is 238 g/mol. The van der Waals surface area contributed by atoms with Gasteiger partial charge in [-0.1, -0.05) is 12.2 Å². The number of hydrogen-bond donors (Lipinski definition) is 1. The lowest BCUT2D eigenvalue weighted by Crippen LogP contribution is -2.46. The molecule has 17 heavy (non-hydrogen) atoms. The molecule has 1 saturated heterocycles. The predicted molar refractivity (Wildman–Crippen MR) is 69.7 cm³/mol. The summed E-state index contributed by atoms with van der Waals surface area (Å²) in [6.07, 6.45) is 1.72. The zero-order valence-electron chi connectivity index (χ0n) is 10.7. The average molecular weight is 261 g/mol. The summed E-state index contributed by atoms with van der Waals surface area (Å²) in [6, 6.07) is 0. The standard InChI is InChI=1S/C11H23N3O2S/c1-10(2)9-13(3)17(15,16)14-6-4-11(8-12)5-7-14/h11H,1,4-9,12H2,2-3H3. The molecule has 0 spiro atoms. The molecule has 1 aliphatic heterocycles. The molecular formula is C11H23N3O2S. The highest BCUT2D eigenvalue weighted by Crippen LogP contribution is 2.20. The van der Waals surface area contributed by atoms with E-state index in [1.54, 1.807) is 11.4 Å². The van der Waals surface area contributed by atoms with E-state index in [1.165, 1.54) is 4.31 Å². The van der Waals surface area contributed by atoms with Gasteiger partial charge >= 0.3 is 0 Å². The molecule has 0 radical (unpaired) electrons. The van der Waals surface area contributed by atoms with E-state index in [0.717, 1.165) is 18.4 Å². The van der Waals surface area contributed by atoms with Crippen molar-refractivity contribution in [1.82, 2.24) is 8.61 Å². The highest BCUT2D eigenvalue weighted by molar-refractivity contribution is 7.86. The Hall–Kier alpha value is -0.430. The van der Waals surface area contributed by atoms with Gasteiger partial charge in [-0.3, -0.25) is 0 Å². The summed E-state index contributed by atoms with van der Waals surface area (Å²) in [4.78, 5) is 0. The fourth-order valence-electron chi connectivity index (χ4n) is 2.03.